The third kappa shape index (κ3) is 2.90. The monoisotopic (exact) mass is 314 g/mol. The zero-order valence-electron chi connectivity index (χ0n) is 9.96. The van der Waals surface area contributed by atoms with Crippen molar-refractivity contribution in [3.05, 3.63) is 34.1 Å². The first-order valence-electron chi connectivity index (χ1n) is 6.10. The van der Waals surface area contributed by atoms with E-state index in [0.717, 1.165) is 25.7 Å². The molecule has 2 rings (SSSR count). The molecule has 18 heavy (non-hydrogen) atoms. The van der Waals surface area contributed by atoms with E-state index in [9.17, 15) is 9.18 Å². The van der Waals surface area contributed by atoms with E-state index in [0.29, 0.717) is 4.47 Å². The fourth-order valence-electron chi connectivity index (χ4n) is 2.26. The molecule has 0 saturated heterocycles. The fourth-order valence-corrected chi connectivity index (χ4v) is 2.63. The highest BCUT2D eigenvalue weighted by Crippen LogP contribution is 2.20. The summed E-state index contributed by atoms with van der Waals surface area (Å²) >= 11 is 3.07. The molecular weight excluding hydrogens is 299 g/mol. The molecule has 1 aromatic rings. The number of nitrogens with two attached hydrogens (primary N) is 1. The van der Waals surface area contributed by atoms with Gasteiger partial charge in [0.15, 0.2) is 0 Å². The number of halogens is 2. The standard InChI is InChI=1S/C13H16BrFN2O/c14-9-5-3-4-8(12(9)15)13(18)17-11-7-2-1-6-10(11)16/h3-5,10-11H,1-2,6-7,16H2,(H,17,18)/t10-,11-/m1/s1. The number of rotatable bonds is 2. The first kappa shape index (κ1) is 13.5. The van der Waals surface area contributed by atoms with Crippen molar-refractivity contribution in [3.63, 3.8) is 0 Å². The SMILES string of the molecule is N[C@@H]1CCCC[C@H]1NC(=O)c1cccc(Br)c1F. The Morgan fingerprint density at radius 2 is 2.11 bits per heavy atom. The van der Waals surface area contributed by atoms with E-state index >= 15 is 0 Å². The molecule has 98 valence electrons. The third-order valence-electron chi connectivity index (χ3n) is 3.33. The van der Waals surface area contributed by atoms with E-state index in [4.69, 9.17) is 5.73 Å². The third-order valence-corrected chi connectivity index (χ3v) is 3.94. The summed E-state index contributed by atoms with van der Waals surface area (Å²) in [5, 5.41) is 2.83. The molecule has 5 heteroatoms. The molecular formula is C13H16BrFN2O. The molecule has 1 aliphatic rings. The van der Waals surface area contributed by atoms with E-state index in [2.05, 4.69) is 21.2 Å². The summed E-state index contributed by atoms with van der Waals surface area (Å²) in [5.41, 5.74) is 6.01. The van der Waals surface area contributed by atoms with Gasteiger partial charge >= 0.3 is 0 Å². The Bertz CT molecular complexity index is 453. The van der Waals surface area contributed by atoms with E-state index in [1.807, 2.05) is 0 Å². The van der Waals surface area contributed by atoms with Crippen molar-refractivity contribution >= 4 is 21.8 Å². The number of hydrogen-bond acceptors (Lipinski definition) is 2. The van der Waals surface area contributed by atoms with Crippen LogP contribution in [0, 0.1) is 5.82 Å². The highest BCUT2D eigenvalue weighted by molar-refractivity contribution is 9.10. The van der Waals surface area contributed by atoms with Crippen molar-refractivity contribution in [1.82, 2.24) is 5.32 Å². The summed E-state index contributed by atoms with van der Waals surface area (Å²) in [7, 11) is 0. The molecule has 3 nitrogen and oxygen atoms in total. The van der Waals surface area contributed by atoms with E-state index < -0.39 is 11.7 Å². The normalized spacial score (nSPS) is 23.7. The molecule has 1 aromatic carbocycles. The van der Waals surface area contributed by atoms with Crippen LogP contribution in [0.5, 0.6) is 0 Å². The molecule has 0 radical (unpaired) electrons. The number of benzene rings is 1. The zero-order chi connectivity index (χ0) is 13.1. The first-order chi connectivity index (χ1) is 8.59. The average molecular weight is 315 g/mol. The van der Waals surface area contributed by atoms with Crippen molar-refractivity contribution in [2.24, 2.45) is 5.73 Å². The smallest absolute Gasteiger partial charge is 0.254 e. The van der Waals surface area contributed by atoms with Gasteiger partial charge in [-0.2, -0.15) is 0 Å². The summed E-state index contributed by atoms with van der Waals surface area (Å²) in [6, 6.07) is 4.60. The molecule has 1 fully saturated rings. The van der Waals surface area contributed by atoms with Crippen molar-refractivity contribution in [1.29, 1.82) is 0 Å². The molecule has 1 saturated carbocycles. The topological polar surface area (TPSA) is 55.1 Å². The van der Waals surface area contributed by atoms with Crippen LogP contribution in [0.15, 0.2) is 22.7 Å². The van der Waals surface area contributed by atoms with Crippen LogP contribution in [-0.4, -0.2) is 18.0 Å². The second-order valence-corrected chi connectivity index (χ2v) is 5.48. The molecule has 0 spiro atoms. The van der Waals surface area contributed by atoms with Crippen molar-refractivity contribution in [2.45, 2.75) is 37.8 Å². The van der Waals surface area contributed by atoms with Gasteiger partial charge in [-0.25, -0.2) is 4.39 Å². The summed E-state index contributed by atoms with van der Waals surface area (Å²) in [5.74, 6) is -0.921. The zero-order valence-corrected chi connectivity index (χ0v) is 11.5. The maximum absolute atomic E-state index is 13.8. The van der Waals surface area contributed by atoms with Gasteiger partial charge in [0.1, 0.15) is 5.82 Å². The second kappa shape index (κ2) is 5.80. The summed E-state index contributed by atoms with van der Waals surface area (Å²) < 4.78 is 14.1. The van der Waals surface area contributed by atoms with Crippen LogP contribution in [-0.2, 0) is 0 Å². The largest absolute Gasteiger partial charge is 0.348 e. The second-order valence-electron chi connectivity index (χ2n) is 4.63. The number of nitrogens with one attached hydrogen (secondary N) is 1. The Labute approximate surface area is 114 Å². The minimum Gasteiger partial charge on any atom is -0.348 e. The van der Waals surface area contributed by atoms with Gasteiger partial charge in [-0.1, -0.05) is 18.9 Å². The Morgan fingerprint density at radius 3 is 2.83 bits per heavy atom. The minimum absolute atomic E-state index is 0.0297. The lowest BCUT2D eigenvalue weighted by atomic mass is 9.91. The number of amides is 1. The van der Waals surface area contributed by atoms with Gasteiger partial charge in [-0.05, 0) is 40.9 Å². The van der Waals surface area contributed by atoms with Crippen LogP contribution in [0.4, 0.5) is 4.39 Å². The summed E-state index contributed by atoms with van der Waals surface area (Å²) in [4.78, 5) is 12.0. The minimum atomic E-state index is -0.528. The summed E-state index contributed by atoms with van der Waals surface area (Å²) in [6.07, 6.45) is 3.92. The van der Waals surface area contributed by atoms with Gasteiger partial charge < -0.3 is 11.1 Å². The Hall–Kier alpha value is -0.940. The lowest BCUT2D eigenvalue weighted by Crippen LogP contribution is -2.49. The van der Waals surface area contributed by atoms with Crippen molar-refractivity contribution < 1.29 is 9.18 Å². The van der Waals surface area contributed by atoms with Gasteiger partial charge in [-0.15, -0.1) is 0 Å². The van der Waals surface area contributed by atoms with Crippen molar-refractivity contribution in [3.8, 4) is 0 Å². The predicted molar refractivity (Wildman–Crippen MR) is 71.8 cm³/mol. The molecule has 0 unspecified atom stereocenters. The van der Waals surface area contributed by atoms with Gasteiger partial charge in [0.25, 0.3) is 5.91 Å². The maximum Gasteiger partial charge on any atom is 0.254 e. The van der Waals surface area contributed by atoms with E-state index in [1.165, 1.54) is 6.07 Å². The lowest BCUT2D eigenvalue weighted by Gasteiger charge is -2.29. The average Bonchev–Trinajstić information content (AvgIpc) is 2.35. The lowest BCUT2D eigenvalue weighted by molar-refractivity contribution is 0.0917. The predicted octanol–water partition coefficient (Wildman–Crippen LogP) is 2.59. The molecule has 1 aliphatic carbocycles. The summed E-state index contributed by atoms with van der Waals surface area (Å²) in [6.45, 7) is 0. The Kier molecular flexibility index (Phi) is 4.35. The number of hydrogen-bond donors (Lipinski definition) is 2. The highest BCUT2D eigenvalue weighted by Gasteiger charge is 2.24. The maximum atomic E-state index is 13.8. The van der Waals surface area contributed by atoms with Crippen LogP contribution in [0.25, 0.3) is 0 Å². The van der Waals surface area contributed by atoms with Gasteiger partial charge in [0, 0.05) is 12.1 Å². The molecule has 0 aliphatic heterocycles. The van der Waals surface area contributed by atoms with Crippen molar-refractivity contribution in [2.75, 3.05) is 0 Å². The van der Waals surface area contributed by atoms with Gasteiger partial charge in [0.2, 0.25) is 0 Å². The quantitative estimate of drug-likeness (QED) is 0.881. The molecule has 1 amide bonds. The van der Waals surface area contributed by atoms with E-state index in [1.54, 1.807) is 12.1 Å². The molecule has 0 aromatic heterocycles. The van der Waals surface area contributed by atoms with Crippen LogP contribution < -0.4 is 11.1 Å². The Balaban J connectivity index is 2.09. The number of carbonyl (C=O) groups is 1. The van der Waals surface area contributed by atoms with Crippen LogP contribution in [0.3, 0.4) is 0 Å². The Morgan fingerprint density at radius 1 is 1.39 bits per heavy atom. The molecule has 0 heterocycles. The van der Waals surface area contributed by atoms with Crippen LogP contribution in [0.1, 0.15) is 36.0 Å². The van der Waals surface area contributed by atoms with Gasteiger partial charge in [-0.3, -0.25) is 4.79 Å². The first-order valence-corrected chi connectivity index (χ1v) is 6.89. The highest BCUT2D eigenvalue weighted by atomic mass is 79.9. The van der Waals surface area contributed by atoms with E-state index in [-0.39, 0.29) is 17.6 Å². The molecule has 3 N–H and O–H groups in total. The van der Waals surface area contributed by atoms with Gasteiger partial charge in [0.05, 0.1) is 10.0 Å². The molecule has 0 bridgehead atoms. The van der Waals surface area contributed by atoms with Crippen LogP contribution in [0.2, 0.25) is 0 Å². The fraction of sp³-hybridized carbons (Fsp3) is 0.462. The number of carbonyl (C=O) groups excluding carboxylic acids is 1. The molecule has 2 atom stereocenters. The van der Waals surface area contributed by atoms with Crippen LogP contribution >= 0.6 is 15.9 Å².